The van der Waals surface area contributed by atoms with Gasteiger partial charge in [0.2, 0.25) is 0 Å². The van der Waals surface area contributed by atoms with Crippen molar-refractivity contribution >= 4 is 17.4 Å². The van der Waals surface area contributed by atoms with E-state index in [2.05, 4.69) is 16.2 Å². The Morgan fingerprint density at radius 1 is 0.944 bits per heavy atom. The Kier molecular flexibility index (Phi) is 3.81. The summed E-state index contributed by atoms with van der Waals surface area (Å²) in [5.74, 6) is 0. The molecule has 2 aromatic rings. The van der Waals surface area contributed by atoms with Crippen LogP contribution in [0.1, 0.15) is 5.56 Å². The molecule has 0 saturated carbocycles. The number of hydrogen-bond donors (Lipinski definition) is 3. The minimum atomic E-state index is -0.301. The molecule has 0 atom stereocenters. The Morgan fingerprint density at radius 3 is 2.39 bits per heavy atom. The van der Waals surface area contributed by atoms with E-state index in [1.54, 1.807) is 0 Å². The number of rotatable bonds is 3. The lowest BCUT2D eigenvalue weighted by Gasteiger charge is -2.10. The topological polar surface area (TPSA) is 53.2 Å². The van der Waals surface area contributed by atoms with Crippen LogP contribution in [0, 0.1) is 6.92 Å². The van der Waals surface area contributed by atoms with E-state index in [-0.39, 0.29) is 6.03 Å². The fourth-order valence-corrected chi connectivity index (χ4v) is 1.54. The molecule has 0 bridgehead atoms. The van der Waals surface area contributed by atoms with E-state index in [1.165, 1.54) is 0 Å². The summed E-state index contributed by atoms with van der Waals surface area (Å²) >= 11 is 0. The van der Waals surface area contributed by atoms with E-state index >= 15 is 0 Å². The van der Waals surface area contributed by atoms with Gasteiger partial charge in [-0.15, -0.1) is 0 Å². The van der Waals surface area contributed by atoms with Crippen LogP contribution in [-0.2, 0) is 0 Å². The first-order valence-electron chi connectivity index (χ1n) is 5.69. The van der Waals surface area contributed by atoms with Crippen LogP contribution in [0.5, 0.6) is 0 Å². The number of aryl methyl sites for hydroxylation is 1. The van der Waals surface area contributed by atoms with Crippen molar-refractivity contribution in [3.05, 3.63) is 60.2 Å². The van der Waals surface area contributed by atoms with Crippen LogP contribution in [-0.4, -0.2) is 6.03 Å². The summed E-state index contributed by atoms with van der Waals surface area (Å²) in [7, 11) is 0. The van der Waals surface area contributed by atoms with Crippen LogP contribution in [0.15, 0.2) is 54.6 Å². The molecule has 92 valence electrons. The second-order valence-corrected chi connectivity index (χ2v) is 3.94. The highest BCUT2D eigenvalue weighted by Gasteiger charge is 2.00. The minimum absolute atomic E-state index is 0.301. The Bertz CT molecular complexity index is 526. The van der Waals surface area contributed by atoms with Crippen molar-refractivity contribution in [2.45, 2.75) is 6.92 Å². The highest BCUT2D eigenvalue weighted by Crippen LogP contribution is 2.09. The lowest BCUT2D eigenvalue weighted by atomic mass is 10.2. The first-order chi connectivity index (χ1) is 8.74. The van der Waals surface area contributed by atoms with Gasteiger partial charge in [0, 0.05) is 5.69 Å². The molecule has 0 saturated heterocycles. The van der Waals surface area contributed by atoms with Crippen molar-refractivity contribution in [1.82, 2.24) is 5.43 Å². The zero-order valence-corrected chi connectivity index (χ0v) is 10.1. The molecule has 4 nitrogen and oxygen atoms in total. The molecule has 2 rings (SSSR count). The number of urea groups is 1. The number of para-hydroxylation sites is 1. The monoisotopic (exact) mass is 241 g/mol. The van der Waals surface area contributed by atoms with Gasteiger partial charge < -0.3 is 5.32 Å². The van der Waals surface area contributed by atoms with Crippen LogP contribution >= 0.6 is 0 Å². The number of carbonyl (C=O) groups is 1. The molecule has 4 heteroatoms. The predicted molar refractivity (Wildman–Crippen MR) is 73.4 cm³/mol. The number of hydrogen-bond acceptors (Lipinski definition) is 2. The third kappa shape index (κ3) is 3.52. The second kappa shape index (κ2) is 5.72. The van der Waals surface area contributed by atoms with Crippen molar-refractivity contribution in [3.63, 3.8) is 0 Å². The van der Waals surface area contributed by atoms with Crippen LogP contribution in [0.25, 0.3) is 0 Å². The van der Waals surface area contributed by atoms with E-state index in [1.807, 2.05) is 61.5 Å². The van der Waals surface area contributed by atoms with E-state index in [0.717, 1.165) is 16.9 Å². The van der Waals surface area contributed by atoms with Gasteiger partial charge in [0.25, 0.3) is 0 Å². The van der Waals surface area contributed by atoms with Crippen LogP contribution in [0.2, 0.25) is 0 Å². The molecule has 0 fully saturated rings. The molecular formula is C14H15N3O. The first kappa shape index (κ1) is 12.0. The number of amides is 2. The molecule has 0 spiro atoms. The summed E-state index contributed by atoms with van der Waals surface area (Å²) in [6, 6.07) is 16.8. The summed E-state index contributed by atoms with van der Waals surface area (Å²) in [4.78, 5) is 11.6. The van der Waals surface area contributed by atoms with Crippen molar-refractivity contribution in [3.8, 4) is 0 Å². The number of benzene rings is 2. The molecule has 0 aliphatic carbocycles. The third-order valence-corrected chi connectivity index (χ3v) is 2.37. The van der Waals surface area contributed by atoms with Gasteiger partial charge in [-0.3, -0.25) is 10.9 Å². The quantitative estimate of drug-likeness (QED) is 0.723. The van der Waals surface area contributed by atoms with Gasteiger partial charge in [-0.1, -0.05) is 30.3 Å². The lowest BCUT2D eigenvalue weighted by molar-refractivity contribution is 0.254. The van der Waals surface area contributed by atoms with Gasteiger partial charge in [-0.05, 0) is 36.8 Å². The molecule has 2 aromatic carbocycles. The van der Waals surface area contributed by atoms with Crippen molar-refractivity contribution < 1.29 is 4.79 Å². The maximum atomic E-state index is 11.6. The maximum absolute atomic E-state index is 11.6. The molecule has 2 amide bonds. The van der Waals surface area contributed by atoms with Crippen LogP contribution in [0.3, 0.4) is 0 Å². The Hall–Kier alpha value is -2.49. The highest BCUT2D eigenvalue weighted by molar-refractivity contribution is 5.90. The average Bonchev–Trinajstić information content (AvgIpc) is 2.38. The van der Waals surface area contributed by atoms with Gasteiger partial charge in [-0.2, -0.15) is 0 Å². The van der Waals surface area contributed by atoms with Gasteiger partial charge in [0.05, 0.1) is 5.69 Å². The summed E-state index contributed by atoms with van der Waals surface area (Å²) in [6.07, 6.45) is 0. The Labute approximate surface area is 106 Å². The van der Waals surface area contributed by atoms with Gasteiger partial charge >= 0.3 is 6.03 Å². The Morgan fingerprint density at radius 2 is 1.67 bits per heavy atom. The van der Waals surface area contributed by atoms with Crippen molar-refractivity contribution in [1.29, 1.82) is 0 Å². The molecule has 0 radical (unpaired) electrons. The molecule has 0 heterocycles. The normalized spacial score (nSPS) is 9.61. The second-order valence-electron chi connectivity index (χ2n) is 3.94. The number of carbonyl (C=O) groups excluding carboxylic acids is 1. The molecule has 0 aliphatic rings. The maximum Gasteiger partial charge on any atom is 0.337 e. The predicted octanol–water partition coefficient (Wildman–Crippen LogP) is 3.14. The summed E-state index contributed by atoms with van der Waals surface area (Å²) < 4.78 is 0. The smallest absolute Gasteiger partial charge is 0.307 e. The number of anilines is 2. The van der Waals surface area contributed by atoms with Gasteiger partial charge in [0.15, 0.2) is 0 Å². The number of hydrazine groups is 1. The van der Waals surface area contributed by atoms with E-state index in [9.17, 15) is 4.79 Å². The SMILES string of the molecule is Cc1cccc(NC(=O)NNc2ccccc2)c1. The van der Waals surface area contributed by atoms with Crippen molar-refractivity contribution in [2.24, 2.45) is 0 Å². The molecular weight excluding hydrogens is 226 g/mol. The standard InChI is InChI=1S/C14H15N3O/c1-11-6-5-9-13(10-11)15-14(18)17-16-12-7-3-2-4-8-12/h2-10,16H,1H3,(H2,15,17,18). The molecule has 0 unspecified atom stereocenters. The summed E-state index contributed by atoms with van der Waals surface area (Å²) in [6.45, 7) is 1.98. The molecule has 18 heavy (non-hydrogen) atoms. The zero-order chi connectivity index (χ0) is 12.8. The summed E-state index contributed by atoms with van der Waals surface area (Å²) in [5.41, 5.74) is 8.08. The largest absolute Gasteiger partial charge is 0.337 e. The molecule has 0 aliphatic heterocycles. The zero-order valence-electron chi connectivity index (χ0n) is 10.1. The molecule has 0 aromatic heterocycles. The Balaban J connectivity index is 1.86. The summed E-state index contributed by atoms with van der Waals surface area (Å²) in [5, 5.41) is 2.74. The first-order valence-corrected chi connectivity index (χ1v) is 5.69. The van der Waals surface area contributed by atoms with Crippen molar-refractivity contribution in [2.75, 3.05) is 10.7 Å². The van der Waals surface area contributed by atoms with Gasteiger partial charge in [0.1, 0.15) is 0 Å². The van der Waals surface area contributed by atoms with Gasteiger partial charge in [-0.25, -0.2) is 4.79 Å². The van der Waals surface area contributed by atoms with Crippen LogP contribution in [0.4, 0.5) is 16.2 Å². The fourth-order valence-electron chi connectivity index (χ4n) is 1.54. The third-order valence-electron chi connectivity index (χ3n) is 2.37. The molecule has 3 N–H and O–H groups in total. The number of nitrogens with one attached hydrogen (secondary N) is 3. The average molecular weight is 241 g/mol. The lowest BCUT2D eigenvalue weighted by Crippen LogP contribution is -2.33. The van der Waals surface area contributed by atoms with E-state index < -0.39 is 0 Å². The van der Waals surface area contributed by atoms with E-state index in [0.29, 0.717) is 0 Å². The van der Waals surface area contributed by atoms with Crippen LogP contribution < -0.4 is 16.2 Å². The minimum Gasteiger partial charge on any atom is -0.307 e. The highest BCUT2D eigenvalue weighted by atomic mass is 16.2. The van der Waals surface area contributed by atoms with E-state index in [4.69, 9.17) is 0 Å². The fraction of sp³-hybridized carbons (Fsp3) is 0.0714.